The van der Waals surface area contributed by atoms with E-state index in [4.69, 9.17) is 0 Å². The predicted octanol–water partition coefficient (Wildman–Crippen LogP) is 5.64. The van der Waals surface area contributed by atoms with Crippen LogP contribution in [-0.2, 0) is 10.0 Å². The molecule has 5 rings (SSSR count). The average Bonchev–Trinajstić information content (AvgIpc) is 3.35. The van der Waals surface area contributed by atoms with E-state index in [-0.39, 0.29) is 16.4 Å². The Morgan fingerprint density at radius 2 is 1.71 bits per heavy atom. The SMILES string of the molecule is CN(C(C)(C)C)S(=O)(=O)c1cccc(-c2cnc3[nH]cc(-c4ccc5c(c4)OC(F)(F)O5)c3c2)c1. The molecule has 1 N–H and O–H groups in total. The van der Waals surface area contributed by atoms with Crippen molar-refractivity contribution in [3.8, 4) is 33.8 Å². The van der Waals surface area contributed by atoms with E-state index in [9.17, 15) is 17.2 Å². The molecule has 2 aromatic carbocycles. The van der Waals surface area contributed by atoms with Crippen molar-refractivity contribution in [3.63, 3.8) is 0 Å². The van der Waals surface area contributed by atoms with Crippen LogP contribution in [0.15, 0.2) is 65.8 Å². The second-order valence-electron chi connectivity index (χ2n) is 9.32. The van der Waals surface area contributed by atoms with Gasteiger partial charge in [0.05, 0.1) is 4.90 Å². The number of sulfonamides is 1. The molecular formula is C25H23F2N3O4S. The molecule has 0 bridgehead atoms. The number of hydrogen-bond acceptors (Lipinski definition) is 5. The van der Waals surface area contributed by atoms with Crippen molar-refractivity contribution in [3.05, 3.63) is 60.9 Å². The first-order valence-corrected chi connectivity index (χ1v) is 12.3. The molecule has 2 aromatic heterocycles. The molecule has 35 heavy (non-hydrogen) atoms. The van der Waals surface area contributed by atoms with E-state index in [0.29, 0.717) is 22.3 Å². The Hall–Kier alpha value is -3.50. The lowest BCUT2D eigenvalue weighted by molar-refractivity contribution is -0.286. The smallest absolute Gasteiger partial charge is 0.395 e. The number of hydrogen-bond donors (Lipinski definition) is 1. The van der Waals surface area contributed by atoms with Gasteiger partial charge in [-0.25, -0.2) is 13.4 Å². The fraction of sp³-hybridized carbons (Fsp3) is 0.240. The Morgan fingerprint density at radius 3 is 2.46 bits per heavy atom. The van der Waals surface area contributed by atoms with Crippen LogP contribution in [-0.4, -0.2) is 41.6 Å². The highest BCUT2D eigenvalue weighted by atomic mass is 32.2. The molecule has 0 spiro atoms. The maximum absolute atomic E-state index is 13.4. The number of H-pyrrole nitrogens is 1. The van der Waals surface area contributed by atoms with E-state index in [0.717, 1.165) is 10.9 Å². The summed E-state index contributed by atoms with van der Waals surface area (Å²) < 4.78 is 63.5. The largest absolute Gasteiger partial charge is 0.586 e. The summed E-state index contributed by atoms with van der Waals surface area (Å²) in [6.45, 7) is 5.49. The van der Waals surface area contributed by atoms with Crippen molar-refractivity contribution in [2.24, 2.45) is 0 Å². The molecule has 4 aromatic rings. The van der Waals surface area contributed by atoms with Gasteiger partial charge >= 0.3 is 6.29 Å². The van der Waals surface area contributed by atoms with E-state index in [1.165, 1.54) is 16.4 Å². The van der Waals surface area contributed by atoms with E-state index < -0.39 is 21.9 Å². The summed E-state index contributed by atoms with van der Waals surface area (Å²) in [7, 11) is -2.15. The predicted molar refractivity (Wildman–Crippen MR) is 128 cm³/mol. The van der Waals surface area contributed by atoms with Gasteiger partial charge in [0.2, 0.25) is 10.0 Å². The molecule has 7 nitrogen and oxygen atoms in total. The zero-order chi connectivity index (χ0) is 25.2. The highest BCUT2D eigenvalue weighted by Crippen LogP contribution is 2.44. The third-order valence-corrected chi connectivity index (χ3v) is 8.13. The molecule has 0 fully saturated rings. The van der Waals surface area contributed by atoms with Crippen LogP contribution in [0.1, 0.15) is 20.8 Å². The first kappa shape index (κ1) is 23.3. The number of pyridine rings is 1. The van der Waals surface area contributed by atoms with Gasteiger partial charge in [-0.1, -0.05) is 18.2 Å². The highest BCUT2D eigenvalue weighted by Gasteiger charge is 2.43. The Kier molecular flexibility index (Phi) is 5.15. The number of alkyl halides is 2. The number of nitrogens with zero attached hydrogens (tertiary/aromatic N) is 2. The van der Waals surface area contributed by atoms with E-state index in [1.807, 2.05) is 32.9 Å². The van der Waals surface area contributed by atoms with Crippen LogP contribution in [0.5, 0.6) is 11.5 Å². The lowest BCUT2D eigenvalue weighted by Gasteiger charge is -2.31. The molecule has 0 amide bonds. The number of benzene rings is 2. The minimum absolute atomic E-state index is 0.0318. The number of halogens is 2. The monoisotopic (exact) mass is 499 g/mol. The number of aromatic amines is 1. The maximum atomic E-state index is 13.4. The third kappa shape index (κ3) is 4.12. The Labute approximate surface area is 201 Å². The number of rotatable bonds is 4. The molecule has 0 atom stereocenters. The summed E-state index contributed by atoms with van der Waals surface area (Å²) in [6.07, 6.45) is -0.305. The summed E-state index contributed by atoms with van der Waals surface area (Å²) in [4.78, 5) is 7.74. The summed E-state index contributed by atoms with van der Waals surface area (Å²) in [6, 6.07) is 13.2. The zero-order valence-electron chi connectivity index (χ0n) is 19.5. The van der Waals surface area contributed by atoms with Crippen LogP contribution in [0.2, 0.25) is 0 Å². The molecular weight excluding hydrogens is 476 g/mol. The first-order valence-electron chi connectivity index (χ1n) is 10.8. The minimum atomic E-state index is -3.71. The van der Waals surface area contributed by atoms with Gasteiger partial charge in [-0.05, 0) is 62.2 Å². The van der Waals surface area contributed by atoms with Crippen molar-refractivity contribution in [1.82, 2.24) is 14.3 Å². The molecule has 10 heteroatoms. The van der Waals surface area contributed by atoms with Gasteiger partial charge in [0.1, 0.15) is 5.65 Å². The summed E-state index contributed by atoms with van der Waals surface area (Å²) in [5, 5.41) is 0.744. The van der Waals surface area contributed by atoms with Gasteiger partial charge in [0, 0.05) is 41.5 Å². The normalized spacial score (nSPS) is 15.2. The zero-order valence-corrected chi connectivity index (χ0v) is 20.3. The molecule has 0 unspecified atom stereocenters. The van der Waals surface area contributed by atoms with E-state index in [1.54, 1.807) is 43.7 Å². The lowest BCUT2D eigenvalue weighted by Crippen LogP contribution is -2.42. The Balaban J connectivity index is 1.55. The first-order chi connectivity index (χ1) is 16.3. The van der Waals surface area contributed by atoms with Crippen molar-refractivity contribution >= 4 is 21.1 Å². The summed E-state index contributed by atoms with van der Waals surface area (Å²) in [5.74, 6) is -0.0810. The molecule has 0 saturated heterocycles. The van der Waals surface area contributed by atoms with Crippen LogP contribution >= 0.6 is 0 Å². The average molecular weight is 500 g/mol. The van der Waals surface area contributed by atoms with Gasteiger partial charge in [-0.15, -0.1) is 8.78 Å². The fourth-order valence-electron chi connectivity index (χ4n) is 3.87. The van der Waals surface area contributed by atoms with Crippen LogP contribution in [0.3, 0.4) is 0 Å². The van der Waals surface area contributed by atoms with Crippen molar-refractivity contribution in [1.29, 1.82) is 0 Å². The highest BCUT2D eigenvalue weighted by molar-refractivity contribution is 7.89. The van der Waals surface area contributed by atoms with Crippen molar-refractivity contribution < 1.29 is 26.7 Å². The second-order valence-corrected chi connectivity index (χ2v) is 11.3. The molecule has 1 aliphatic rings. The van der Waals surface area contributed by atoms with Crippen molar-refractivity contribution in [2.75, 3.05) is 7.05 Å². The standard InChI is InChI=1S/C25H23F2N3O4S/c1-24(2,3)30(4)35(31,32)18-7-5-6-15(10-18)17-11-19-20(14-29-23(19)28-13-17)16-8-9-21-22(12-16)34-25(26,27)33-21/h5-14H,1-4H3,(H,28,29). The number of nitrogens with one attached hydrogen (secondary N) is 1. The van der Waals surface area contributed by atoms with Crippen molar-refractivity contribution in [2.45, 2.75) is 37.5 Å². The van der Waals surface area contributed by atoms with Gasteiger partial charge in [0.15, 0.2) is 11.5 Å². The molecule has 0 saturated carbocycles. The van der Waals surface area contributed by atoms with Gasteiger partial charge in [-0.2, -0.15) is 4.31 Å². The van der Waals surface area contributed by atoms with Gasteiger partial charge in [0.25, 0.3) is 0 Å². The lowest BCUT2D eigenvalue weighted by atomic mass is 10.0. The van der Waals surface area contributed by atoms with Gasteiger partial charge < -0.3 is 14.5 Å². The second kappa shape index (κ2) is 7.76. The minimum Gasteiger partial charge on any atom is -0.395 e. The summed E-state index contributed by atoms with van der Waals surface area (Å²) in [5.41, 5.74) is 2.78. The third-order valence-electron chi connectivity index (χ3n) is 6.01. The summed E-state index contributed by atoms with van der Waals surface area (Å²) >= 11 is 0. The van der Waals surface area contributed by atoms with Crippen LogP contribution < -0.4 is 9.47 Å². The molecule has 1 aliphatic heterocycles. The van der Waals surface area contributed by atoms with Crippen LogP contribution in [0.25, 0.3) is 33.3 Å². The van der Waals surface area contributed by atoms with Crippen LogP contribution in [0.4, 0.5) is 8.78 Å². The molecule has 0 radical (unpaired) electrons. The molecule has 3 heterocycles. The quantitative estimate of drug-likeness (QED) is 0.393. The van der Waals surface area contributed by atoms with Gasteiger partial charge in [-0.3, -0.25) is 0 Å². The topological polar surface area (TPSA) is 84.5 Å². The number of fused-ring (bicyclic) bond motifs is 2. The fourth-order valence-corrected chi connectivity index (χ4v) is 5.44. The number of aromatic nitrogens is 2. The Morgan fingerprint density at radius 1 is 0.971 bits per heavy atom. The molecule has 182 valence electrons. The molecule has 0 aliphatic carbocycles. The maximum Gasteiger partial charge on any atom is 0.586 e. The van der Waals surface area contributed by atoms with E-state index >= 15 is 0 Å². The number of ether oxygens (including phenoxy) is 2. The van der Waals surface area contributed by atoms with E-state index in [2.05, 4.69) is 19.4 Å². The van der Waals surface area contributed by atoms with Crippen LogP contribution in [0, 0.1) is 0 Å². The Bertz CT molecular complexity index is 1560.